The van der Waals surface area contributed by atoms with E-state index in [4.69, 9.17) is 0 Å². The topological polar surface area (TPSA) is 92.7 Å². The van der Waals surface area contributed by atoms with E-state index in [9.17, 15) is 4.79 Å². The molecule has 0 fully saturated rings. The van der Waals surface area contributed by atoms with Crippen LogP contribution >= 0.6 is 0 Å². The maximum atomic E-state index is 12.7. The third-order valence-electron chi connectivity index (χ3n) is 5.09. The van der Waals surface area contributed by atoms with Crippen molar-refractivity contribution in [3.05, 3.63) is 90.1 Å². The van der Waals surface area contributed by atoms with Crippen LogP contribution in [-0.2, 0) is 0 Å². The van der Waals surface area contributed by atoms with Crippen LogP contribution in [0.25, 0.3) is 11.3 Å². The molecular weight excluding hydrogens is 400 g/mol. The molecule has 0 saturated carbocycles. The molecule has 0 aliphatic heterocycles. The zero-order valence-electron chi connectivity index (χ0n) is 18.2. The van der Waals surface area contributed by atoms with Crippen LogP contribution in [0.15, 0.2) is 73.4 Å². The summed E-state index contributed by atoms with van der Waals surface area (Å²) in [7, 11) is 0. The van der Waals surface area contributed by atoms with Gasteiger partial charge in [0.1, 0.15) is 6.33 Å². The molecule has 7 heteroatoms. The number of hydrogen-bond donors (Lipinski definition) is 2. The molecule has 0 bridgehead atoms. The summed E-state index contributed by atoms with van der Waals surface area (Å²) in [6.45, 7) is 6.24. The Hall–Kier alpha value is -4.13. The first-order valence-corrected chi connectivity index (χ1v) is 10.4. The van der Waals surface area contributed by atoms with Crippen molar-refractivity contribution in [1.29, 1.82) is 0 Å². The highest BCUT2D eigenvalue weighted by molar-refractivity contribution is 6.04. The molecule has 0 unspecified atom stereocenters. The molecule has 7 nitrogen and oxygen atoms in total. The highest BCUT2D eigenvalue weighted by Crippen LogP contribution is 2.24. The van der Waals surface area contributed by atoms with Crippen LogP contribution in [0.3, 0.4) is 0 Å². The molecular formula is C25H24N6O. The van der Waals surface area contributed by atoms with Crippen molar-refractivity contribution < 1.29 is 4.79 Å². The minimum absolute atomic E-state index is 0.155. The Kier molecular flexibility index (Phi) is 6.17. The van der Waals surface area contributed by atoms with Crippen LogP contribution in [-0.4, -0.2) is 25.8 Å². The number of amides is 1. The summed E-state index contributed by atoms with van der Waals surface area (Å²) in [5.41, 5.74) is 5.83. The van der Waals surface area contributed by atoms with Gasteiger partial charge in [-0.2, -0.15) is 0 Å². The highest BCUT2D eigenvalue weighted by Gasteiger charge is 2.10. The second kappa shape index (κ2) is 9.34. The summed E-state index contributed by atoms with van der Waals surface area (Å²) in [6, 6.07) is 15.2. The number of benzene rings is 2. The standard InChI is InChI=1S/C25H24N6O/c1-16(2)18-5-7-19(8-6-18)24(32)29-21-9-4-17(3)23(12-21)31-25-28-11-10-22(30-25)20-13-26-15-27-14-20/h4-16H,1-3H3,(H,29,32)(H,28,30,31). The highest BCUT2D eigenvalue weighted by atomic mass is 16.1. The van der Waals surface area contributed by atoms with Crippen LogP contribution in [0.2, 0.25) is 0 Å². The van der Waals surface area contributed by atoms with Crippen molar-refractivity contribution in [3.8, 4) is 11.3 Å². The minimum Gasteiger partial charge on any atom is -0.324 e. The van der Waals surface area contributed by atoms with Gasteiger partial charge in [-0.3, -0.25) is 4.79 Å². The molecule has 0 aliphatic rings. The lowest BCUT2D eigenvalue weighted by Crippen LogP contribution is -2.12. The zero-order valence-corrected chi connectivity index (χ0v) is 18.2. The molecule has 160 valence electrons. The monoisotopic (exact) mass is 424 g/mol. The Labute approximate surface area is 187 Å². The molecule has 0 saturated heterocycles. The summed E-state index contributed by atoms with van der Waals surface area (Å²) < 4.78 is 0. The Morgan fingerprint density at radius 1 is 0.969 bits per heavy atom. The van der Waals surface area contributed by atoms with Gasteiger partial charge < -0.3 is 10.6 Å². The molecule has 0 spiro atoms. The molecule has 4 rings (SSSR count). The van der Waals surface area contributed by atoms with Crippen LogP contribution in [0.4, 0.5) is 17.3 Å². The lowest BCUT2D eigenvalue weighted by atomic mass is 10.0. The Bertz CT molecular complexity index is 1220. The molecule has 0 atom stereocenters. The third-order valence-corrected chi connectivity index (χ3v) is 5.09. The predicted molar refractivity (Wildman–Crippen MR) is 126 cm³/mol. The number of carbonyl (C=O) groups excluding carboxylic acids is 1. The van der Waals surface area contributed by atoms with Crippen LogP contribution in [0.5, 0.6) is 0 Å². The summed E-state index contributed by atoms with van der Waals surface area (Å²) in [6.07, 6.45) is 6.56. The quantitative estimate of drug-likeness (QED) is 0.433. The van der Waals surface area contributed by atoms with E-state index in [0.717, 1.165) is 22.5 Å². The van der Waals surface area contributed by atoms with Crippen molar-refractivity contribution in [1.82, 2.24) is 19.9 Å². The predicted octanol–water partition coefficient (Wildman–Crippen LogP) is 5.36. The molecule has 1 amide bonds. The Morgan fingerprint density at radius 3 is 2.44 bits per heavy atom. The van der Waals surface area contributed by atoms with Crippen LogP contribution in [0, 0.1) is 6.92 Å². The lowest BCUT2D eigenvalue weighted by Gasteiger charge is -2.12. The van der Waals surface area contributed by atoms with Gasteiger partial charge in [0.2, 0.25) is 5.95 Å². The number of aromatic nitrogens is 4. The van der Waals surface area contributed by atoms with Crippen molar-refractivity contribution in [2.24, 2.45) is 0 Å². The first-order chi connectivity index (χ1) is 15.5. The maximum Gasteiger partial charge on any atom is 0.255 e. The van der Waals surface area contributed by atoms with Gasteiger partial charge in [-0.15, -0.1) is 0 Å². The number of aryl methyl sites for hydroxylation is 1. The van der Waals surface area contributed by atoms with E-state index in [1.807, 2.05) is 49.4 Å². The fourth-order valence-electron chi connectivity index (χ4n) is 3.19. The van der Waals surface area contributed by atoms with E-state index < -0.39 is 0 Å². The normalized spacial score (nSPS) is 10.8. The zero-order chi connectivity index (χ0) is 22.5. The van der Waals surface area contributed by atoms with E-state index in [0.29, 0.717) is 23.1 Å². The fourth-order valence-corrected chi connectivity index (χ4v) is 3.19. The summed E-state index contributed by atoms with van der Waals surface area (Å²) >= 11 is 0. The number of carbonyl (C=O) groups is 1. The van der Waals surface area contributed by atoms with Gasteiger partial charge in [-0.1, -0.05) is 32.0 Å². The Morgan fingerprint density at radius 2 is 1.72 bits per heavy atom. The second-order valence-corrected chi connectivity index (χ2v) is 7.78. The number of nitrogens with zero attached hydrogens (tertiary/aromatic N) is 4. The average molecular weight is 425 g/mol. The SMILES string of the molecule is Cc1ccc(NC(=O)c2ccc(C(C)C)cc2)cc1Nc1nccc(-c2cncnc2)n1. The van der Waals surface area contributed by atoms with Crippen LogP contribution < -0.4 is 10.6 Å². The molecule has 2 aromatic heterocycles. The third kappa shape index (κ3) is 4.95. The van der Waals surface area contributed by atoms with Gasteiger partial charge in [0, 0.05) is 41.1 Å². The summed E-state index contributed by atoms with van der Waals surface area (Å²) in [5, 5.41) is 6.20. The molecule has 2 heterocycles. The lowest BCUT2D eigenvalue weighted by molar-refractivity contribution is 0.102. The first kappa shape index (κ1) is 21.1. The van der Waals surface area contributed by atoms with Gasteiger partial charge >= 0.3 is 0 Å². The molecule has 2 aromatic carbocycles. The van der Waals surface area contributed by atoms with Gasteiger partial charge in [0.05, 0.1) is 5.69 Å². The maximum absolute atomic E-state index is 12.7. The van der Waals surface area contributed by atoms with E-state index in [2.05, 4.69) is 44.4 Å². The van der Waals surface area contributed by atoms with Crippen molar-refractivity contribution in [2.45, 2.75) is 26.7 Å². The van der Waals surface area contributed by atoms with Gasteiger partial charge in [-0.05, 0) is 54.3 Å². The largest absolute Gasteiger partial charge is 0.324 e. The summed E-state index contributed by atoms with van der Waals surface area (Å²) in [5.74, 6) is 0.715. The number of anilines is 3. The molecule has 2 N–H and O–H groups in total. The summed E-state index contributed by atoms with van der Waals surface area (Å²) in [4.78, 5) is 29.6. The van der Waals surface area contributed by atoms with E-state index in [1.54, 1.807) is 24.7 Å². The molecule has 0 radical (unpaired) electrons. The van der Waals surface area contributed by atoms with Crippen molar-refractivity contribution >= 4 is 23.2 Å². The number of hydrogen-bond acceptors (Lipinski definition) is 6. The van der Waals surface area contributed by atoms with Crippen LogP contribution in [0.1, 0.15) is 41.3 Å². The average Bonchev–Trinajstić information content (AvgIpc) is 2.82. The van der Waals surface area contributed by atoms with Gasteiger partial charge in [0.15, 0.2) is 0 Å². The second-order valence-electron chi connectivity index (χ2n) is 7.78. The number of nitrogens with one attached hydrogen (secondary N) is 2. The van der Waals surface area contributed by atoms with Crippen molar-refractivity contribution in [2.75, 3.05) is 10.6 Å². The smallest absolute Gasteiger partial charge is 0.255 e. The van der Waals surface area contributed by atoms with E-state index in [1.165, 1.54) is 11.9 Å². The Balaban J connectivity index is 1.51. The van der Waals surface area contributed by atoms with E-state index in [-0.39, 0.29) is 5.91 Å². The minimum atomic E-state index is -0.155. The first-order valence-electron chi connectivity index (χ1n) is 10.4. The fraction of sp³-hybridized carbons (Fsp3) is 0.160. The van der Waals surface area contributed by atoms with Gasteiger partial charge in [-0.25, -0.2) is 19.9 Å². The van der Waals surface area contributed by atoms with Crippen molar-refractivity contribution in [3.63, 3.8) is 0 Å². The molecule has 4 aromatic rings. The molecule has 0 aliphatic carbocycles. The van der Waals surface area contributed by atoms with E-state index >= 15 is 0 Å². The molecule has 32 heavy (non-hydrogen) atoms. The van der Waals surface area contributed by atoms with Gasteiger partial charge in [0.25, 0.3) is 5.91 Å². The number of rotatable bonds is 6.